The van der Waals surface area contributed by atoms with Gasteiger partial charge in [0.1, 0.15) is 0 Å². The van der Waals surface area contributed by atoms with Crippen molar-refractivity contribution in [2.45, 2.75) is 25.7 Å². The maximum Gasteiger partial charge on any atom is 0.233 e. The van der Waals surface area contributed by atoms with E-state index in [4.69, 9.17) is 15.2 Å². The molecule has 5 nitrogen and oxygen atoms in total. The van der Waals surface area contributed by atoms with Gasteiger partial charge in [-0.2, -0.15) is 0 Å². The fourth-order valence-electron chi connectivity index (χ4n) is 3.75. The molecule has 136 valence electrons. The van der Waals surface area contributed by atoms with Gasteiger partial charge in [-0.25, -0.2) is 0 Å². The van der Waals surface area contributed by atoms with E-state index < -0.39 is 5.41 Å². The van der Waals surface area contributed by atoms with E-state index in [9.17, 15) is 4.79 Å². The van der Waals surface area contributed by atoms with Crippen LogP contribution in [0.1, 0.15) is 31.2 Å². The summed E-state index contributed by atoms with van der Waals surface area (Å²) in [5.74, 6) is 1.76. The number of hydrogen-bond donors (Lipinski definition) is 1. The van der Waals surface area contributed by atoms with Gasteiger partial charge in [-0.05, 0) is 49.5 Å². The van der Waals surface area contributed by atoms with Gasteiger partial charge in [-0.3, -0.25) is 4.79 Å². The third-order valence-electron chi connectivity index (χ3n) is 5.31. The van der Waals surface area contributed by atoms with Crippen molar-refractivity contribution in [1.29, 1.82) is 0 Å². The van der Waals surface area contributed by atoms with Crippen molar-refractivity contribution in [3.8, 4) is 11.5 Å². The van der Waals surface area contributed by atoms with E-state index in [-0.39, 0.29) is 12.7 Å². The van der Waals surface area contributed by atoms with Gasteiger partial charge in [0.15, 0.2) is 11.5 Å². The van der Waals surface area contributed by atoms with Gasteiger partial charge in [-0.1, -0.05) is 30.4 Å². The molecule has 0 saturated carbocycles. The molecule has 3 aliphatic rings. The zero-order valence-electron chi connectivity index (χ0n) is 14.8. The van der Waals surface area contributed by atoms with Crippen LogP contribution in [-0.2, 0) is 4.79 Å². The lowest BCUT2D eigenvalue weighted by molar-refractivity contribution is -0.138. The monoisotopic (exact) mass is 352 g/mol. The van der Waals surface area contributed by atoms with Crippen molar-refractivity contribution in [1.82, 2.24) is 4.90 Å². The van der Waals surface area contributed by atoms with Gasteiger partial charge in [-0.15, -0.1) is 0 Å². The molecule has 1 aromatic carbocycles. The topological polar surface area (TPSA) is 64.8 Å². The maximum absolute atomic E-state index is 13.2. The SMILES string of the molecule is NC1=CCC(C/C=C/c2ccc3c(c2)OCO3)(C(=O)N2CCCC2)C=C1. The summed E-state index contributed by atoms with van der Waals surface area (Å²) in [5.41, 5.74) is 7.13. The average Bonchev–Trinajstić information content (AvgIpc) is 3.34. The molecule has 2 aliphatic heterocycles. The number of likely N-dealkylation sites (tertiary alicyclic amines) is 1. The number of benzene rings is 1. The Morgan fingerprint density at radius 3 is 2.81 bits per heavy atom. The molecule has 1 aliphatic carbocycles. The zero-order chi connectivity index (χ0) is 18.0. The van der Waals surface area contributed by atoms with Crippen molar-refractivity contribution < 1.29 is 14.3 Å². The first-order chi connectivity index (χ1) is 12.7. The van der Waals surface area contributed by atoms with Crippen LogP contribution >= 0.6 is 0 Å². The number of amides is 1. The van der Waals surface area contributed by atoms with E-state index in [1.807, 2.05) is 47.4 Å². The summed E-state index contributed by atoms with van der Waals surface area (Å²) < 4.78 is 10.8. The van der Waals surface area contributed by atoms with Gasteiger partial charge in [0.25, 0.3) is 0 Å². The third kappa shape index (κ3) is 3.21. The zero-order valence-corrected chi connectivity index (χ0v) is 14.8. The van der Waals surface area contributed by atoms with E-state index in [1.54, 1.807) is 0 Å². The number of carbonyl (C=O) groups excluding carboxylic acids is 1. The molecule has 1 saturated heterocycles. The molecule has 1 fully saturated rings. The fraction of sp³-hybridized carbons (Fsp3) is 0.381. The van der Waals surface area contributed by atoms with E-state index >= 15 is 0 Å². The van der Waals surface area contributed by atoms with Crippen LogP contribution in [0, 0.1) is 5.41 Å². The normalized spacial score (nSPS) is 24.3. The molecule has 4 rings (SSSR count). The van der Waals surface area contributed by atoms with Gasteiger partial charge in [0.2, 0.25) is 12.7 Å². The van der Waals surface area contributed by atoms with Crippen LogP contribution in [0.4, 0.5) is 0 Å². The Kier molecular flexibility index (Phi) is 4.45. The highest BCUT2D eigenvalue weighted by Crippen LogP contribution is 2.37. The molecule has 1 aromatic rings. The van der Waals surface area contributed by atoms with Gasteiger partial charge < -0.3 is 20.1 Å². The van der Waals surface area contributed by atoms with Crippen LogP contribution in [-0.4, -0.2) is 30.7 Å². The summed E-state index contributed by atoms with van der Waals surface area (Å²) in [6.07, 6.45) is 13.4. The van der Waals surface area contributed by atoms with Crippen molar-refractivity contribution in [2.24, 2.45) is 11.1 Å². The molecule has 1 unspecified atom stereocenters. The number of ether oxygens (including phenoxy) is 2. The molecular formula is C21H24N2O3. The molecule has 0 radical (unpaired) electrons. The molecular weight excluding hydrogens is 328 g/mol. The number of allylic oxidation sites excluding steroid dienone is 3. The average molecular weight is 352 g/mol. The minimum absolute atomic E-state index is 0.213. The highest BCUT2D eigenvalue weighted by molar-refractivity contribution is 5.86. The van der Waals surface area contributed by atoms with Crippen molar-refractivity contribution in [2.75, 3.05) is 19.9 Å². The van der Waals surface area contributed by atoms with Crippen LogP contribution in [0.25, 0.3) is 6.08 Å². The number of hydrogen-bond acceptors (Lipinski definition) is 4. The Bertz CT molecular complexity index is 790. The first-order valence-corrected chi connectivity index (χ1v) is 9.17. The van der Waals surface area contributed by atoms with Crippen molar-refractivity contribution in [3.63, 3.8) is 0 Å². The van der Waals surface area contributed by atoms with Crippen LogP contribution in [0.5, 0.6) is 11.5 Å². The molecule has 0 spiro atoms. The summed E-state index contributed by atoms with van der Waals surface area (Å²) in [4.78, 5) is 15.2. The van der Waals surface area contributed by atoms with Crippen molar-refractivity contribution >= 4 is 12.0 Å². The molecule has 2 heterocycles. The van der Waals surface area contributed by atoms with E-state index in [2.05, 4.69) is 6.08 Å². The first-order valence-electron chi connectivity index (χ1n) is 9.17. The van der Waals surface area contributed by atoms with Gasteiger partial charge >= 0.3 is 0 Å². The van der Waals surface area contributed by atoms with Crippen LogP contribution in [0.15, 0.2) is 48.2 Å². The van der Waals surface area contributed by atoms with E-state index in [0.29, 0.717) is 12.8 Å². The first kappa shape index (κ1) is 16.8. The van der Waals surface area contributed by atoms with Gasteiger partial charge in [0.05, 0.1) is 5.41 Å². The predicted molar refractivity (Wildman–Crippen MR) is 100 cm³/mol. The van der Waals surface area contributed by atoms with Crippen LogP contribution in [0.2, 0.25) is 0 Å². The Labute approximate surface area is 153 Å². The minimum Gasteiger partial charge on any atom is -0.454 e. The second-order valence-electron chi connectivity index (χ2n) is 7.12. The Hall–Kier alpha value is -2.69. The molecule has 1 atom stereocenters. The van der Waals surface area contributed by atoms with Crippen LogP contribution < -0.4 is 15.2 Å². The number of nitrogens with two attached hydrogens (primary N) is 1. The largest absolute Gasteiger partial charge is 0.454 e. The molecule has 2 N–H and O–H groups in total. The molecule has 5 heteroatoms. The van der Waals surface area contributed by atoms with Crippen LogP contribution in [0.3, 0.4) is 0 Å². The molecule has 26 heavy (non-hydrogen) atoms. The number of nitrogens with zero attached hydrogens (tertiary/aromatic N) is 1. The summed E-state index contributed by atoms with van der Waals surface area (Å²) >= 11 is 0. The lowest BCUT2D eigenvalue weighted by atomic mass is 9.76. The Morgan fingerprint density at radius 1 is 1.23 bits per heavy atom. The fourth-order valence-corrected chi connectivity index (χ4v) is 3.75. The second kappa shape index (κ2) is 6.90. The highest BCUT2D eigenvalue weighted by atomic mass is 16.7. The quantitative estimate of drug-likeness (QED) is 0.903. The Morgan fingerprint density at radius 2 is 2.04 bits per heavy atom. The lowest BCUT2D eigenvalue weighted by Crippen LogP contribution is -2.42. The predicted octanol–water partition coefficient (Wildman–Crippen LogP) is 3.23. The number of rotatable bonds is 4. The van der Waals surface area contributed by atoms with E-state index in [1.165, 1.54) is 0 Å². The minimum atomic E-state index is -0.528. The highest BCUT2D eigenvalue weighted by Gasteiger charge is 2.39. The number of carbonyl (C=O) groups is 1. The van der Waals surface area contributed by atoms with E-state index in [0.717, 1.165) is 48.7 Å². The summed E-state index contributed by atoms with van der Waals surface area (Å²) in [7, 11) is 0. The smallest absolute Gasteiger partial charge is 0.233 e. The Balaban J connectivity index is 1.51. The molecule has 0 bridgehead atoms. The van der Waals surface area contributed by atoms with Gasteiger partial charge in [0, 0.05) is 18.8 Å². The standard InChI is InChI=1S/C21H24N2O3/c22-17-7-10-21(11-8-17,20(24)23-12-1-2-13-23)9-3-4-16-5-6-18-19(14-16)26-15-25-18/h3-8,10,14H,1-2,9,11-13,15,22H2/b4-3+. The summed E-state index contributed by atoms with van der Waals surface area (Å²) in [5, 5.41) is 0. The second-order valence-corrected chi connectivity index (χ2v) is 7.12. The maximum atomic E-state index is 13.2. The number of fused-ring (bicyclic) bond motifs is 1. The summed E-state index contributed by atoms with van der Waals surface area (Å²) in [6.45, 7) is 1.99. The summed E-state index contributed by atoms with van der Waals surface area (Å²) in [6, 6.07) is 5.87. The molecule has 1 amide bonds. The third-order valence-corrected chi connectivity index (χ3v) is 5.31. The molecule has 0 aromatic heterocycles. The van der Waals surface area contributed by atoms with Crippen molar-refractivity contribution in [3.05, 3.63) is 53.8 Å². The lowest BCUT2D eigenvalue weighted by Gasteiger charge is -2.33.